The molecule has 1 heterocycles. The van der Waals surface area contributed by atoms with Crippen LogP contribution in [0, 0.1) is 0 Å². The first-order valence-corrected chi connectivity index (χ1v) is 8.47. The molecule has 0 bridgehead atoms. The van der Waals surface area contributed by atoms with E-state index in [0.717, 1.165) is 3.79 Å². The van der Waals surface area contributed by atoms with Gasteiger partial charge in [-0.2, -0.15) is 0 Å². The number of ether oxygens (including phenoxy) is 2. The van der Waals surface area contributed by atoms with Gasteiger partial charge in [0.15, 0.2) is 0 Å². The number of hydrogen-bond donors (Lipinski definition) is 1. The maximum atomic E-state index is 12.1. The lowest BCUT2D eigenvalue weighted by Gasteiger charge is -2.16. The second-order valence-corrected chi connectivity index (χ2v) is 6.69. The van der Waals surface area contributed by atoms with Crippen LogP contribution < -0.4 is 5.32 Å². The van der Waals surface area contributed by atoms with Crippen molar-refractivity contribution in [2.24, 2.45) is 0 Å². The summed E-state index contributed by atoms with van der Waals surface area (Å²) in [5.74, 6) is -1.35. The van der Waals surface area contributed by atoms with Gasteiger partial charge in [0, 0.05) is 6.42 Å². The molecule has 1 amide bonds. The van der Waals surface area contributed by atoms with E-state index < -0.39 is 18.0 Å². The summed E-state index contributed by atoms with van der Waals surface area (Å²) in [6.07, 6.45) is 0.168. The molecule has 0 saturated heterocycles. The van der Waals surface area contributed by atoms with Crippen molar-refractivity contribution in [1.29, 1.82) is 0 Å². The van der Waals surface area contributed by atoms with Crippen molar-refractivity contribution in [3.8, 4) is 0 Å². The molecular weight excluding hydrogens is 374 g/mol. The molecule has 6 nitrogen and oxygen atoms in total. The second kappa shape index (κ2) is 9.58. The molecule has 0 fully saturated rings. The van der Waals surface area contributed by atoms with Gasteiger partial charge in [-0.1, -0.05) is 0 Å². The summed E-state index contributed by atoms with van der Waals surface area (Å²) < 4.78 is 10.6. The molecule has 0 aliphatic carbocycles. The fraction of sp³-hybridized carbons (Fsp3) is 0.500. The minimum Gasteiger partial charge on any atom is -0.466 e. The zero-order valence-corrected chi connectivity index (χ0v) is 14.8. The normalized spacial score (nSPS) is 11.6. The van der Waals surface area contributed by atoms with E-state index in [1.165, 1.54) is 11.3 Å². The van der Waals surface area contributed by atoms with E-state index >= 15 is 0 Å². The molecule has 0 radical (unpaired) electrons. The number of thiophene rings is 1. The van der Waals surface area contributed by atoms with Crippen molar-refractivity contribution >= 4 is 45.1 Å². The molecule has 1 rings (SSSR count). The molecule has 1 N–H and O–H groups in total. The lowest BCUT2D eigenvalue weighted by atomic mass is 10.1. The van der Waals surface area contributed by atoms with E-state index in [1.54, 1.807) is 26.0 Å². The number of hydrogen-bond acceptors (Lipinski definition) is 6. The summed E-state index contributed by atoms with van der Waals surface area (Å²) in [6.45, 7) is 3.86. The molecule has 0 aliphatic heterocycles. The minimum atomic E-state index is -0.877. The molecule has 122 valence electrons. The predicted octanol–water partition coefficient (Wildman–Crippen LogP) is 2.52. The van der Waals surface area contributed by atoms with Crippen LogP contribution in [0.15, 0.2) is 15.9 Å². The first-order valence-electron chi connectivity index (χ1n) is 6.86. The van der Waals surface area contributed by atoms with Crippen molar-refractivity contribution in [3.05, 3.63) is 20.8 Å². The van der Waals surface area contributed by atoms with E-state index in [9.17, 15) is 14.4 Å². The van der Waals surface area contributed by atoms with Crippen LogP contribution in [-0.4, -0.2) is 37.1 Å². The lowest BCUT2D eigenvalue weighted by Crippen LogP contribution is -2.42. The van der Waals surface area contributed by atoms with E-state index in [1.807, 2.05) is 0 Å². The molecule has 1 aromatic rings. The first-order chi connectivity index (χ1) is 10.5. The molecule has 1 aromatic heterocycles. The highest BCUT2D eigenvalue weighted by molar-refractivity contribution is 9.11. The van der Waals surface area contributed by atoms with Gasteiger partial charge in [0.05, 0.1) is 21.9 Å². The lowest BCUT2D eigenvalue weighted by molar-refractivity contribution is -0.146. The zero-order chi connectivity index (χ0) is 16.5. The third-order valence-corrected chi connectivity index (χ3v) is 4.24. The van der Waals surface area contributed by atoms with Crippen molar-refractivity contribution < 1.29 is 23.9 Å². The molecular formula is C14H18BrNO5S. The zero-order valence-electron chi connectivity index (χ0n) is 12.4. The van der Waals surface area contributed by atoms with Gasteiger partial charge in [0.25, 0.3) is 5.91 Å². The molecule has 22 heavy (non-hydrogen) atoms. The highest BCUT2D eigenvalue weighted by Gasteiger charge is 2.24. The Balaban J connectivity index is 2.66. The summed E-state index contributed by atoms with van der Waals surface area (Å²) in [4.78, 5) is 35.9. The molecule has 0 spiro atoms. The van der Waals surface area contributed by atoms with Crippen LogP contribution in [0.4, 0.5) is 0 Å². The maximum Gasteiger partial charge on any atom is 0.328 e. The average molecular weight is 392 g/mol. The Labute approximate surface area is 141 Å². The SMILES string of the molecule is CCOC(=O)CCC(NC(=O)c1ccc(Br)s1)C(=O)OCC. The van der Waals surface area contributed by atoms with Crippen LogP contribution in [0.1, 0.15) is 36.4 Å². The second-order valence-electron chi connectivity index (χ2n) is 4.23. The van der Waals surface area contributed by atoms with E-state index in [2.05, 4.69) is 21.2 Å². The van der Waals surface area contributed by atoms with Gasteiger partial charge in [-0.3, -0.25) is 9.59 Å². The fourth-order valence-corrected chi connectivity index (χ4v) is 2.94. The Hall–Kier alpha value is -1.41. The Morgan fingerprint density at radius 2 is 1.91 bits per heavy atom. The van der Waals surface area contributed by atoms with Gasteiger partial charge in [0.2, 0.25) is 0 Å². The van der Waals surface area contributed by atoms with Crippen molar-refractivity contribution in [3.63, 3.8) is 0 Å². The third-order valence-electron chi connectivity index (χ3n) is 2.62. The van der Waals surface area contributed by atoms with Crippen molar-refractivity contribution in [2.45, 2.75) is 32.7 Å². The molecule has 0 aromatic carbocycles. The van der Waals surface area contributed by atoms with Crippen molar-refractivity contribution in [2.75, 3.05) is 13.2 Å². The Morgan fingerprint density at radius 3 is 2.45 bits per heavy atom. The summed E-state index contributed by atoms with van der Waals surface area (Å²) in [5.41, 5.74) is 0. The fourth-order valence-electron chi connectivity index (χ4n) is 1.65. The number of carbonyl (C=O) groups is 3. The quantitative estimate of drug-likeness (QED) is 0.688. The Bertz CT molecular complexity index is 531. The van der Waals surface area contributed by atoms with Gasteiger partial charge in [-0.05, 0) is 48.3 Å². The number of amides is 1. The van der Waals surface area contributed by atoms with Gasteiger partial charge >= 0.3 is 11.9 Å². The number of esters is 2. The highest BCUT2D eigenvalue weighted by atomic mass is 79.9. The minimum absolute atomic E-state index is 0.0335. The van der Waals surface area contributed by atoms with Crippen LogP contribution >= 0.6 is 27.3 Å². The molecule has 8 heteroatoms. The van der Waals surface area contributed by atoms with Crippen LogP contribution in [0.5, 0.6) is 0 Å². The van der Waals surface area contributed by atoms with Crippen LogP contribution in [0.3, 0.4) is 0 Å². The maximum absolute atomic E-state index is 12.1. The van der Waals surface area contributed by atoms with Gasteiger partial charge in [0.1, 0.15) is 6.04 Å². The molecule has 0 saturated carbocycles. The third kappa shape index (κ3) is 6.15. The standard InChI is InChI=1S/C14H18BrNO5S/c1-3-20-12(17)8-5-9(14(19)21-4-2)16-13(18)10-6-7-11(15)22-10/h6-7,9H,3-5,8H2,1-2H3,(H,16,18). The van der Waals surface area contributed by atoms with Gasteiger partial charge < -0.3 is 14.8 Å². The largest absolute Gasteiger partial charge is 0.466 e. The number of rotatable bonds is 8. The summed E-state index contributed by atoms with van der Waals surface area (Å²) >= 11 is 4.53. The van der Waals surface area contributed by atoms with E-state index in [-0.39, 0.29) is 32.0 Å². The summed E-state index contributed by atoms with van der Waals surface area (Å²) in [7, 11) is 0. The van der Waals surface area contributed by atoms with E-state index in [0.29, 0.717) is 4.88 Å². The average Bonchev–Trinajstić information content (AvgIpc) is 2.90. The van der Waals surface area contributed by atoms with E-state index in [4.69, 9.17) is 9.47 Å². The van der Waals surface area contributed by atoms with Crippen LogP contribution in [0.2, 0.25) is 0 Å². The van der Waals surface area contributed by atoms with Crippen molar-refractivity contribution in [1.82, 2.24) is 5.32 Å². The molecule has 0 aliphatic rings. The van der Waals surface area contributed by atoms with Crippen LogP contribution in [-0.2, 0) is 19.1 Å². The summed E-state index contributed by atoms with van der Waals surface area (Å²) in [6, 6.07) is 2.52. The highest BCUT2D eigenvalue weighted by Crippen LogP contribution is 2.22. The number of halogens is 1. The topological polar surface area (TPSA) is 81.7 Å². The first kappa shape index (κ1) is 18.6. The van der Waals surface area contributed by atoms with Crippen LogP contribution in [0.25, 0.3) is 0 Å². The Kier molecular flexibility index (Phi) is 8.11. The number of nitrogens with one attached hydrogen (secondary N) is 1. The number of carbonyl (C=O) groups excluding carboxylic acids is 3. The Morgan fingerprint density at radius 1 is 1.23 bits per heavy atom. The smallest absolute Gasteiger partial charge is 0.328 e. The van der Waals surface area contributed by atoms with Gasteiger partial charge in [-0.25, -0.2) is 4.79 Å². The molecule has 1 unspecified atom stereocenters. The monoisotopic (exact) mass is 391 g/mol. The van der Waals surface area contributed by atoms with Gasteiger partial charge in [-0.15, -0.1) is 11.3 Å². The predicted molar refractivity (Wildman–Crippen MR) is 85.8 cm³/mol. The molecule has 1 atom stereocenters. The summed E-state index contributed by atoms with van der Waals surface area (Å²) in [5, 5.41) is 2.60.